The number of nitrogens with zero attached hydrogens (tertiary/aromatic N) is 1. The topological polar surface area (TPSA) is 67.0 Å². The minimum Gasteiger partial charge on any atom is -0.437 e. The van der Waals surface area contributed by atoms with Gasteiger partial charge >= 0.3 is 0 Å². The van der Waals surface area contributed by atoms with Crippen LogP contribution in [0.2, 0.25) is 0 Å². The summed E-state index contributed by atoms with van der Waals surface area (Å²) in [7, 11) is 0. The molecule has 0 atom stereocenters. The lowest BCUT2D eigenvalue weighted by Gasteiger charge is -2.28. The Labute approximate surface area is 151 Å². The zero-order valence-corrected chi connectivity index (χ0v) is 14.6. The van der Waals surface area contributed by atoms with Gasteiger partial charge in [-0.1, -0.05) is 30.3 Å². The van der Waals surface area contributed by atoms with Crippen molar-refractivity contribution in [1.82, 2.24) is 15.3 Å². The molecule has 4 rings (SSSR count). The number of H-pyrrole nitrogens is 1. The summed E-state index contributed by atoms with van der Waals surface area (Å²) in [5.74, 6) is 0.587. The van der Waals surface area contributed by atoms with Crippen LogP contribution in [0.25, 0.3) is 17.1 Å². The molecule has 2 N–H and O–H groups in total. The molecular formula is C21H19N3O2. The molecule has 0 unspecified atom stereocenters. The number of benzene rings is 1. The molecule has 0 saturated heterocycles. The van der Waals surface area contributed by atoms with Crippen molar-refractivity contribution in [2.45, 2.75) is 19.4 Å². The molecule has 2 aromatic heterocycles. The molecule has 26 heavy (non-hydrogen) atoms. The third-order valence-electron chi connectivity index (χ3n) is 4.43. The maximum absolute atomic E-state index is 12.3. The zero-order valence-electron chi connectivity index (χ0n) is 14.6. The summed E-state index contributed by atoms with van der Waals surface area (Å²) in [6.45, 7) is 4.09. The number of pyridine rings is 1. The standard InChI is InChI=1S/C21H19N3O2/c1-21(2,15-7-4-3-5-8-15)24-19-12-17(25)18(26-19)11-14-13-23-20-16(14)9-6-10-22-20/h3-13,24H,1-2H3,(H,22,23)/b18-11+. The molecular weight excluding hydrogens is 326 g/mol. The smallest absolute Gasteiger partial charge is 0.226 e. The maximum Gasteiger partial charge on any atom is 0.226 e. The second-order valence-electron chi connectivity index (χ2n) is 6.74. The number of carbonyl (C=O) groups is 1. The van der Waals surface area contributed by atoms with Gasteiger partial charge < -0.3 is 15.0 Å². The molecule has 0 spiro atoms. The Morgan fingerprint density at radius 1 is 1.15 bits per heavy atom. The van der Waals surface area contributed by atoms with Crippen LogP contribution in [0.4, 0.5) is 0 Å². The predicted octanol–water partition coefficient (Wildman–Crippen LogP) is 3.87. The van der Waals surface area contributed by atoms with E-state index in [4.69, 9.17) is 4.74 Å². The van der Waals surface area contributed by atoms with E-state index in [1.54, 1.807) is 12.3 Å². The van der Waals surface area contributed by atoms with Crippen LogP contribution in [0.5, 0.6) is 0 Å². The fourth-order valence-corrected chi connectivity index (χ4v) is 3.02. The number of nitrogens with one attached hydrogen (secondary N) is 2. The summed E-state index contributed by atoms with van der Waals surface area (Å²) in [4.78, 5) is 19.7. The fraction of sp³-hybridized carbons (Fsp3) is 0.143. The van der Waals surface area contributed by atoms with Crippen molar-refractivity contribution in [2.24, 2.45) is 0 Å². The first-order valence-electron chi connectivity index (χ1n) is 8.44. The monoisotopic (exact) mass is 345 g/mol. The van der Waals surface area contributed by atoms with Gasteiger partial charge in [-0.2, -0.15) is 0 Å². The number of fused-ring (bicyclic) bond motifs is 1. The van der Waals surface area contributed by atoms with E-state index in [1.807, 2.05) is 62.5 Å². The van der Waals surface area contributed by atoms with E-state index in [2.05, 4.69) is 15.3 Å². The van der Waals surface area contributed by atoms with Crippen LogP contribution < -0.4 is 5.32 Å². The summed E-state index contributed by atoms with van der Waals surface area (Å²) in [5.41, 5.74) is 2.39. The lowest BCUT2D eigenvalue weighted by atomic mass is 9.94. The van der Waals surface area contributed by atoms with Gasteiger partial charge in [0.15, 0.2) is 11.6 Å². The van der Waals surface area contributed by atoms with E-state index in [0.29, 0.717) is 11.6 Å². The predicted molar refractivity (Wildman–Crippen MR) is 101 cm³/mol. The van der Waals surface area contributed by atoms with Crippen molar-refractivity contribution in [3.05, 3.63) is 83.7 Å². The van der Waals surface area contributed by atoms with Crippen molar-refractivity contribution in [3.63, 3.8) is 0 Å². The van der Waals surface area contributed by atoms with E-state index in [-0.39, 0.29) is 11.3 Å². The number of carbonyl (C=O) groups excluding carboxylic acids is 1. The Bertz CT molecular complexity index is 1030. The Kier molecular flexibility index (Phi) is 3.84. The number of ketones is 1. The maximum atomic E-state index is 12.3. The molecule has 0 amide bonds. The Balaban J connectivity index is 1.56. The molecule has 5 heteroatoms. The molecule has 3 aromatic rings. The van der Waals surface area contributed by atoms with Crippen molar-refractivity contribution in [3.8, 4) is 0 Å². The second-order valence-corrected chi connectivity index (χ2v) is 6.74. The molecule has 0 aliphatic carbocycles. The number of hydrogen-bond acceptors (Lipinski definition) is 4. The summed E-state index contributed by atoms with van der Waals surface area (Å²) in [6.07, 6.45) is 6.77. The van der Waals surface area contributed by atoms with Gasteiger partial charge in [-0.25, -0.2) is 4.98 Å². The Morgan fingerprint density at radius 3 is 2.77 bits per heavy atom. The zero-order chi connectivity index (χ0) is 18.1. The molecule has 1 aliphatic heterocycles. The first-order valence-corrected chi connectivity index (χ1v) is 8.44. The molecule has 3 heterocycles. The highest BCUT2D eigenvalue weighted by atomic mass is 16.5. The molecule has 1 aliphatic rings. The minimum absolute atomic E-state index is 0.158. The van der Waals surface area contributed by atoms with Gasteiger partial charge in [0.25, 0.3) is 0 Å². The molecule has 1 aromatic carbocycles. The highest BCUT2D eigenvalue weighted by molar-refractivity contribution is 6.08. The van der Waals surface area contributed by atoms with Gasteiger partial charge in [0.1, 0.15) is 5.65 Å². The largest absolute Gasteiger partial charge is 0.437 e. The van der Waals surface area contributed by atoms with Crippen LogP contribution in [0.3, 0.4) is 0 Å². The lowest BCUT2D eigenvalue weighted by molar-refractivity contribution is -0.112. The lowest BCUT2D eigenvalue weighted by Crippen LogP contribution is -2.35. The number of hydrogen-bond donors (Lipinski definition) is 2. The fourth-order valence-electron chi connectivity index (χ4n) is 3.02. The van der Waals surface area contributed by atoms with Crippen molar-refractivity contribution in [1.29, 1.82) is 0 Å². The van der Waals surface area contributed by atoms with Crippen molar-refractivity contribution in [2.75, 3.05) is 0 Å². The Morgan fingerprint density at radius 2 is 1.96 bits per heavy atom. The van der Waals surface area contributed by atoms with Gasteiger partial charge in [-0.3, -0.25) is 4.79 Å². The molecule has 0 bridgehead atoms. The number of aromatic nitrogens is 2. The number of aromatic amines is 1. The summed E-state index contributed by atoms with van der Waals surface area (Å²) < 4.78 is 5.78. The van der Waals surface area contributed by atoms with Gasteiger partial charge in [0.2, 0.25) is 5.78 Å². The van der Waals surface area contributed by atoms with E-state index < -0.39 is 0 Å². The number of ether oxygens (including phenoxy) is 1. The summed E-state index contributed by atoms with van der Waals surface area (Å²) in [6, 6.07) is 13.9. The number of allylic oxidation sites excluding steroid dienone is 1. The highest BCUT2D eigenvalue weighted by Crippen LogP contribution is 2.27. The van der Waals surface area contributed by atoms with Crippen LogP contribution in [-0.4, -0.2) is 15.8 Å². The van der Waals surface area contributed by atoms with Crippen LogP contribution >= 0.6 is 0 Å². The average molecular weight is 345 g/mol. The molecule has 130 valence electrons. The summed E-state index contributed by atoms with van der Waals surface area (Å²) >= 11 is 0. The van der Waals surface area contributed by atoms with Crippen LogP contribution in [0.15, 0.2) is 72.6 Å². The first-order chi connectivity index (χ1) is 12.5. The van der Waals surface area contributed by atoms with Crippen LogP contribution in [-0.2, 0) is 15.1 Å². The first kappa shape index (κ1) is 16.1. The number of rotatable bonds is 4. The molecule has 0 fully saturated rings. The Hall–Kier alpha value is -3.34. The average Bonchev–Trinajstić information content (AvgIpc) is 3.19. The van der Waals surface area contributed by atoms with Gasteiger partial charge in [0.05, 0.1) is 5.54 Å². The summed E-state index contributed by atoms with van der Waals surface area (Å²) in [5, 5.41) is 4.25. The quantitative estimate of drug-likeness (QED) is 0.705. The highest BCUT2D eigenvalue weighted by Gasteiger charge is 2.27. The van der Waals surface area contributed by atoms with E-state index in [9.17, 15) is 4.79 Å². The van der Waals surface area contributed by atoms with E-state index in [0.717, 1.165) is 22.2 Å². The SMILES string of the molecule is CC(C)(NC1=CC(=O)/C(=C\c2c[nH]c3ncccc23)O1)c1ccccc1. The van der Waals surface area contributed by atoms with Crippen LogP contribution in [0, 0.1) is 0 Å². The van der Waals surface area contributed by atoms with Gasteiger partial charge in [0, 0.05) is 29.4 Å². The van der Waals surface area contributed by atoms with Gasteiger partial charge in [-0.05, 0) is 37.6 Å². The molecule has 0 radical (unpaired) electrons. The van der Waals surface area contributed by atoms with E-state index in [1.165, 1.54) is 6.08 Å². The molecule has 5 nitrogen and oxygen atoms in total. The van der Waals surface area contributed by atoms with Crippen LogP contribution in [0.1, 0.15) is 25.0 Å². The van der Waals surface area contributed by atoms with Crippen molar-refractivity contribution >= 4 is 22.9 Å². The van der Waals surface area contributed by atoms with E-state index >= 15 is 0 Å². The van der Waals surface area contributed by atoms with Crippen molar-refractivity contribution < 1.29 is 9.53 Å². The molecule has 0 saturated carbocycles. The minimum atomic E-state index is -0.368. The second kappa shape index (κ2) is 6.19. The third-order valence-corrected chi connectivity index (χ3v) is 4.43. The third kappa shape index (κ3) is 2.99. The normalized spacial score (nSPS) is 16.0. The van der Waals surface area contributed by atoms with Gasteiger partial charge in [-0.15, -0.1) is 0 Å².